The molecule has 176 valence electrons. The summed E-state index contributed by atoms with van der Waals surface area (Å²) in [5, 5.41) is 0. The van der Waals surface area contributed by atoms with Crippen molar-refractivity contribution < 1.29 is 33.3 Å². The standard InChI is InChI=1S/C25H34O7/c1-9-13(3)22(27)29-17(12-18-24(6,7)31-18)15(5)16-11-19-25(8,32-19)21(26)20(16)30-23(28)14(4)10-2/h9-10,16-20H,5,11-12H2,1-4,6-8H3/b13-9-,14-10-/t16-,17+,18-,19-,20-,25-/m1/s1. The second-order valence-electron chi connectivity index (χ2n) is 9.60. The van der Waals surface area contributed by atoms with Crippen LogP contribution in [-0.4, -0.2) is 53.3 Å². The van der Waals surface area contributed by atoms with E-state index >= 15 is 0 Å². The number of epoxide rings is 2. The average molecular weight is 447 g/mol. The zero-order valence-corrected chi connectivity index (χ0v) is 20.0. The highest BCUT2D eigenvalue weighted by molar-refractivity contribution is 5.98. The van der Waals surface area contributed by atoms with Gasteiger partial charge in [-0.25, -0.2) is 9.59 Å². The van der Waals surface area contributed by atoms with E-state index in [1.807, 2.05) is 13.8 Å². The number of rotatable bonds is 8. The van der Waals surface area contributed by atoms with Crippen molar-refractivity contribution in [1.29, 1.82) is 0 Å². The minimum absolute atomic E-state index is 0.101. The van der Waals surface area contributed by atoms with Gasteiger partial charge >= 0.3 is 11.9 Å². The van der Waals surface area contributed by atoms with Gasteiger partial charge in [0.1, 0.15) is 6.10 Å². The lowest BCUT2D eigenvalue weighted by atomic mass is 9.74. The largest absolute Gasteiger partial charge is 0.454 e. The van der Waals surface area contributed by atoms with E-state index in [9.17, 15) is 14.4 Å². The Balaban J connectivity index is 1.86. The van der Waals surface area contributed by atoms with Crippen molar-refractivity contribution >= 4 is 17.7 Å². The van der Waals surface area contributed by atoms with E-state index in [1.54, 1.807) is 46.8 Å². The van der Waals surface area contributed by atoms with Gasteiger partial charge in [0, 0.05) is 23.5 Å². The van der Waals surface area contributed by atoms with Crippen LogP contribution in [0.15, 0.2) is 35.5 Å². The van der Waals surface area contributed by atoms with Crippen LogP contribution in [0.1, 0.15) is 61.3 Å². The van der Waals surface area contributed by atoms with Crippen molar-refractivity contribution in [2.45, 2.75) is 96.9 Å². The maximum atomic E-state index is 13.2. The molecule has 0 aromatic heterocycles. The first-order valence-electron chi connectivity index (χ1n) is 11.1. The summed E-state index contributed by atoms with van der Waals surface area (Å²) in [6.07, 6.45) is 2.08. The van der Waals surface area contributed by atoms with Crippen LogP contribution in [0, 0.1) is 5.92 Å². The molecule has 6 atom stereocenters. The molecule has 2 aliphatic heterocycles. The van der Waals surface area contributed by atoms with E-state index in [0.29, 0.717) is 29.6 Å². The normalized spacial score (nSPS) is 34.3. The minimum atomic E-state index is -1.05. The molecule has 0 aromatic rings. The highest BCUT2D eigenvalue weighted by Gasteiger charge is 2.66. The van der Waals surface area contributed by atoms with E-state index in [0.717, 1.165) is 0 Å². The topological polar surface area (TPSA) is 94.7 Å². The first-order chi connectivity index (χ1) is 14.9. The van der Waals surface area contributed by atoms with Gasteiger partial charge in [-0.2, -0.15) is 0 Å². The number of carbonyl (C=O) groups excluding carboxylic acids is 3. The van der Waals surface area contributed by atoms with Gasteiger partial charge < -0.3 is 18.9 Å². The number of carbonyl (C=O) groups is 3. The third-order valence-electron chi connectivity index (χ3n) is 7.00. The maximum Gasteiger partial charge on any atom is 0.334 e. The summed E-state index contributed by atoms with van der Waals surface area (Å²) in [5.41, 5.74) is 0.168. The molecule has 2 heterocycles. The molecule has 2 saturated heterocycles. The van der Waals surface area contributed by atoms with Gasteiger partial charge in [0.25, 0.3) is 0 Å². The van der Waals surface area contributed by atoms with Crippen LogP contribution in [0.5, 0.6) is 0 Å². The van der Waals surface area contributed by atoms with Crippen molar-refractivity contribution in [1.82, 2.24) is 0 Å². The minimum Gasteiger partial charge on any atom is -0.454 e. The second kappa shape index (κ2) is 8.60. The lowest BCUT2D eigenvalue weighted by molar-refractivity contribution is -0.157. The predicted molar refractivity (Wildman–Crippen MR) is 118 cm³/mol. The third kappa shape index (κ3) is 4.59. The summed E-state index contributed by atoms with van der Waals surface area (Å²) < 4.78 is 22.8. The Morgan fingerprint density at radius 2 is 1.69 bits per heavy atom. The number of fused-ring (bicyclic) bond motifs is 1. The van der Waals surface area contributed by atoms with Crippen LogP contribution in [0.4, 0.5) is 0 Å². The molecule has 3 aliphatic rings. The lowest BCUT2D eigenvalue weighted by Crippen LogP contribution is -2.49. The van der Waals surface area contributed by atoms with E-state index in [-0.39, 0.29) is 23.6 Å². The highest BCUT2D eigenvalue weighted by atomic mass is 16.6. The van der Waals surface area contributed by atoms with Gasteiger partial charge in [-0.15, -0.1) is 0 Å². The van der Waals surface area contributed by atoms with Crippen LogP contribution in [0.3, 0.4) is 0 Å². The number of allylic oxidation sites excluding steroid dienone is 2. The summed E-state index contributed by atoms with van der Waals surface area (Å²) in [5.74, 6) is -1.82. The molecule has 0 aromatic carbocycles. The number of esters is 2. The van der Waals surface area contributed by atoms with Gasteiger partial charge in [0.05, 0.1) is 17.8 Å². The molecular weight excluding hydrogens is 412 g/mol. The molecule has 0 unspecified atom stereocenters. The Labute approximate surface area is 189 Å². The lowest BCUT2D eigenvalue weighted by Gasteiger charge is -2.34. The Bertz CT molecular complexity index is 896. The molecular formula is C25H34O7. The molecule has 0 amide bonds. The molecule has 7 heteroatoms. The van der Waals surface area contributed by atoms with E-state index in [4.69, 9.17) is 18.9 Å². The van der Waals surface area contributed by atoms with Crippen LogP contribution in [0.2, 0.25) is 0 Å². The first-order valence-corrected chi connectivity index (χ1v) is 11.1. The van der Waals surface area contributed by atoms with Crippen molar-refractivity contribution in [3.05, 3.63) is 35.5 Å². The molecule has 0 bridgehead atoms. The summed E-state index contributed by atoms with van der Waals surface area (Å²) in [4.78, 5) is 38.2. The van der Waals surface area contributed by atoms with E-state index < -0.39 is 35.7 Å². The fourth-order valence-corrected chi connectivity index (χ4v) is 4.09. The summed E-state index contributed by atoms with van der Waals surface area (Å²) >= 11 is 0. The molecule has 7 nitrogen and oxygen atoms in total. The number of hydrogen-bond acceptors (Lipinski definition) is 7. The summed E-state index contributed by atoms with van der Waals surface area (Å²) in [7, 11) is 0. The third-order valence-corrected chi connectivity index (χ3v) is 7.00. The molecule has 1 saturated carbocycles. The number of ether oxygens (including phenoxy) is 4. The van der Waals surface area contributed by atoms with Crippen molar-refractivity contribution in [3.63, 3.8) is 0 Å². The van der Waals surface area contributed by atoms with Crippen molar-refractivity contribution in [2.24, 2.45) is 5.92 Å². The fourth-order valence-electron chi connectivity index (χ4n) is 4.09. The Morgan fingerprint density at radius 3 is 2.22 bits per heavy atom. The monoisotopic (exact) mass is 446 g/mol. The molecule has 3 rings (SSSR count). The van der Waals surface area contributed by atoms with Crippen LogP contribution in [0.25, 0.3) is 0 Å². The number of ketones is 1. The van der Waals surface area contributed by atoms with Gasteiger partial charge in [-0.3, -0.25) is 4.79 Å². The van der Waals surface area contributed by atoms with Crippen LogP contribution in [-0.2, 0) is 33.3 Å². The Morgan fingerprint density at radius 1 is 1.12 bits per heavy atom. The van der Waals surface area contributed by atoms with Gasteiger partial charge in [0.15, 0.2) is 11.7 Å². The zero-order chi connectivity index (χ0) is 24.0. The van der Waals surface area contributed by atoms with E-state index in [2.05, 4.69) is 6.58 Å². The summed E-state index contributed by atoms with van der Waals surface area (Å²) in [6, 6.07) is 0. The SMILES string of the molecule is C=C([C@H](C[C@H]1OC1(C)C)OC(=O)/C(C)=C\C)[C@H]1C[C@H]2O[C@@]2(C)C(=O)[C@@H]1OC(=O)/C(C)=C\C. The number of hydrogen-bond donors (Lipinski definition) is 0. The van der Waals surface area contributed by atoms with Crippen molar-refractivity contribution in [2.75, 3.05) is 0 Å². The average Bonchev–Trinajstić information content (AvgIpc) is 3.60. The smallest absolute Gasteiger partial charge is 0.334 e. The van der Waals surface area contributed by atoms with Gasteiger partial charge in [0.2, 0.25) is 5.78 Å². The molecule has 0 radical (unpaired) electrons. The summed E-state index contributed by atoms with van der Waals surface area (Å²) in [6.45, 7) is 16.7. The predicted octanol–water partition coefficient (Wildman–Crippen LogP) is 3.61. The number of Topliss-reactive ketones (excluding diaryl/α,β-unsaturated/α-hetero) is 1. The van der Waals surface area contributed by atoms with Crippen molar-refractivity contribution in [3.8, 4) is 0 Å². The molecule has 3 fully saturated rings. The van der Waals surface area contributed by atoms with E-state index in [1.165, 1.54) is 0 Å². The quantitative estimate of drug-likeness (QED) is 0.243. The van der Waals surface area contributed by atoms with Gasteiger partial charge in [-0.1, -0.05) is 18.7 Å². The fraction of sp³-hybridized carbons (Fsp3) is 0.640. The molecule has 32 heavy (non-hydrogen) atoms. The maximum absolute atomic E-state index is 13.2. The Kier molecular flexibility index (Phi) is 6.55. The molecule has 0 N–H and O–H groups in total. The zero-order valence-electron chi connectivity index (χ0n) is 20.0. The van der Waals surface area contributed by atoms with Crippen LogP contribution >= 0.6 is 0 Å². The van der Waals surface area contributed by atoms with Crippen LogP contribution < -0.4 is 0 Å². The molecule has 0 spiro atoms. The first kappa shape index (κ1) is 24.4. The second-order valence-corrected chi connectivity index (χ2v) is 9.60. The highest BCUT2D eigenvalue weighted by Crippen LogP contribution is 2.51. The van der Waals surface area contributed by atoms with Gasteiger partial charge in [-0.05, 0) is 60.5 Å². The molecule has 1 aliphatic carbocycles. The Hall–Kier alpha value is -2.25.